The molecule has 160 valence electrons. The zero-order chi connectivity index (χ0) is 22.3. The van der Waals surface area contributed by atoms with Gasteiger partial charge in [-0.3, -0.25) is 4.79 Å². The van der Waals surface area contributed by atoms with Crippen molar-refractivity contribution >= 4 is 23.9 Å². The molecule has 9 nitrogen and oxygen atoms in total. The van der Waals surface area contributed by atoms with Gasteiger partial charge < -0.3 is 24.8 Å². The number of nitrogens with one attached hydrogen (secondary N) is 2. The highest BCUT2D eigenvalue weighted by Crippen LogP contribution is 2.09. The third-order valence-electron chi connectivity index (χ3n) is 2.86. The molecule has 0 radical (unpaired) electrons. The molecule has 0 fully saturated rings. The number of alkyl carbamates (subject to hydrolysis) is 1. The van der Waals surface area contributed by atoms with Crippen LogP contribution in [0.5, 0.6) is 0 Å². The third kappa shape index (κ3) is 11.2. The zero-order valence-corrected chi connectivity index (χ0v) is 17.9. The Morgan fingerprint density at radius 1 is 0.929 bits per heavy atom. The van der Waals surface area contributed by atoms with Crippen molar-refractivity contribution in [2.24, 2.45) is 0 Å². The summed E-state index contributed by atoms with van der Waals surface area (Å²) in [5, 5.41) is 4.75. The van der Waals surface area contributed by atoms with E-state index in [9.17, 15) is 19.2 Å². The van der Waals surface area contributed by atoms with Crippen LogP contribution in [0.15, 0.2) is 12.2 Å². The van der Waals surface area contributed by atoms with Crippen molar-refractivity contribution in [3.63, 3.8) is 0 Å². The number of hydrogen-bond donors (Lipinski definition) is 2. The fourth-order valence-electron chi connectivity index (χ4n) is 1.68. The molecule has 0 aliphatic heterocycles. The topological polar surface area (TPSA) is 120 Å². The van der Waals surface area contributed by atoms with Crippen molar-refractivity contribution in [2.45, 2.75) is 78.7 Å². The average molecular weight is 400 g/mol. The Kier molecular flexibility index (Phi) is 9.17. The molecule has 0 unspecified atom stereocenters. The van der Waals surface area contributed by atoms with E-state index < -0.39 is 53.8 Å². The second-order valence-corrected chi connectivity index (χ2v) is 8.34. The Balaban J connectivity index is 5.12. The largest absolute Gasteiger partial charge is 0.460 e. The molecule has 0 spiro atoms. The van der Waals surface area contributed by atoms with Gasteiger partial charge in [0.05, 0.1) is 0 Å². The molecular formula is C19H32N2O7. The van der Waals surface area contributed by atoms with Gasteiger partial charge in [-0.05, 0) is 55.4 Å². The summed E-state index contributed by atoms with van der Waals surface area (Å²) in [5.74, 6) is -2.10. The minimum absolute atomic E-state index is 0.138. The summed E-state index contributed by atoms with van der Waals surface area (Å²) in [4.78, 5) is 48.1. The van der Waals surface area contributed by atoms with Crippen LogP contribution >= 0.6 is 0 Å². The van der Waals surface area contributed by atoms with Gasteiger partial charge in [-0.1, -0.05) is 6.58 Å². The number of carbonyl (C=O) groups excluding carboxylic acids is 4. The lowest BCUT2D eigenvalue weighted by atomic mass is 10.2. The Bertz CT molecular complexity index is 615. The molecule has 0 aromatic rings. The summed E-state index contributed by atoms with van der Waals surface area (Å²) < 4.78 is 15.3. The average Bonchev–Trinajstić information content (AvgIpc) is 2.46. The van der Waals surface area contributed by atoms with Crippen LogP contribution < -0.4 is 10.6 Å². The second kappa shape index (κ2) is 10.1. The summed E-state index contributed by atoms with van der Waals surface area (Å²) in [6.07, 6.45) is -0.871. The van der Waals surface area contributed by atoms with E-state index >= 15 is 0 Å². The predicted octanol–water partition coefficient (Wildman–Crippen LogP) is 1.85. The molecule has 9 heteroatoms. The van der Waals surface area contributed by atoms with E-state index in [1.807, 2.05) is 0 Å². The zero-order valence-electron chi connectivity index (χ0n) is 17.9. The van der Waals surface area contributed by atoms with E-state index in [1.165, 1.54) is 13.8 Å². The monoisotopic (exact) mass is 400 g/mol. The molecule has 0 bridgehead atoms. The molecule has 0 heterocycles. The maximum Gasteiger partial charge on any atom is 0.408 e. The summed E-state index contributed by atoms with van der Waals surface area (Å²) in [5.41, 5.74) is -1.37. The predicted molar refractivity (Wildman–Crippen MR) is 102 cm³/mol. The van der Waals surface area contributed by atoms with Crippen LogP contribution in [-0.2, 0) is 28.6 Å². The molecule has 0 saturated carbocycles. The number of hydrogen-bond acceptors (Lipinski definition) is 7. The van der Waals surface area contributed by atoms with Crippen LogP contribution in [0.4, 0.5) is 4.79 Å². The van der Waals surface area contributed by atoms with Crippen molar-refractivity contribution in [1.29, 1.82) is 0 Å². The lowest BCUT2D eigenvalue weighted by Crippen LogP contribution is -2.54. The lowest BCUT2D eigenvalue weighted by molar-refractivity contribution is -0.158. The number of ether oxygens (including phenoxy) is 3. The number of carbonyl (C=O) groups is 4. The highest BCUT2D eigenvalue weighted by molar-refractivity contribution is 5.91. The highest BCUT2D eigenvalue weighted by Gasteiger charge is 2.29. The van der Waals surface area contributed by atoms with E-state index in [1.54, 1.807) is 41.5 Å². The Hall–Kier alpha value is -2.58. The van der Waals surface area contributed by atoms with Crippen LogP contribution in [0.1, 0.15) is 55.4 Å². The first-order valence-corrected chi connectivity index (χ1v) is 8.87. The molecule has 28 heavy (non-hydrogen) atoms. The first-order valence-electron chi connectivity index (χ1n) is 8.87. The van der Waals surface area contributed by atoms with E-state index in [0.717, 1.165) is 0 Å². The highest BCUT2D eigenvalue weighted by atomic mass is 16.6. The number of esters is 2. The molecule has 2 atom stereocenters. The lowest BCUT2D eigenvalue weighted by Gasteiger charge is -2.25. The van der Waals surface area contributed by atoms with Gasteiger partial charge >= 0.3 is 18.0 Å². The quantitative estimate of drug-likeness (QED) is 0.380. The summed E-state index contributed by atoms with van der Waals surface area (Å²) in [6, 6.07) is -2.26. The summed E-state index contributed by atoms with van der Waals surface area (Å²) in [7, 11) is 0. The van der Waals surface area contributed by atoms with Gasteiger partial charge in [-0.25, -0.2) is 14.4 Å². The Morgan fingerprint density at radius 3 is 1.86 bits per heavy atom. The second-order valence-electron chi connectivity index (χ2n) is 8.34. The fraction of sp³-hybridized carbons (Fsp3) is 0.684. The molecule has 0 aromatic carbocycles. The van der Waals surface area contributed by atoms with Crippen molar-refractivity contribution in [3.05, 3.63) is 12.2 Å². The van der Waals surface area contributed by atoms with E-state index in [4.69, 9.17) is 14.2 Å². The van der Waals surface area contributed by atoms with Crippen LogP contribution in [0.2, 0.25) is 0 Å². The maximum atomic E-state index is 12.5. The Labute approximate surface area is 166 Å². The SMILES string of the molecule is C=C(C)C(=O)OC[C@H](NC(=O)OC(C)(C)C)C(=O)N[C@@H](C)C(=O)OC(C)(C)C. The smallest absolute Gasteiger partial charge is 0.408 e. The van der Waals surface area contributed by atoms with E-state index in [0.29, 0.717) is 0 Å². The standard InChI is InChI=1S/C19H32N2O7/c1-11(2)15(23)26-10-13(21-17(25)28-19(7,8)9)14(22)20-12(3)16(24)27-18(4,5)6/h12-13H,1,10H2,2-9H3,(H,20,22)(H,21,25)/t12-,13-/m0/s1. The van der Waals surface area contributed by atoms with Gasteiger partial charge in [-0.2, -0.15) is 0 Å². The van der Waals surface area contributed by atoms with E-state index in [-0.39, 0.29) is 5.57 Å². The third-order valence-corrected chi connectivity index (χ3v) is 2.86. The van der Waals surface area contributed by atoms with Gasteiger partial charge in [0.15, 0.2) is 0 Å². The number of rotatable bonds is 7. The van der Waals surface area contributed by atoms with Crippen LogP contribution in [-0.4, -0.2) is 53.8 Å². The molecule has 0 aromatic heterocycles. The van der Waals surface area contributed by atoms with Crippen molar-refractivity contribution in [2.75, 3.05) is 6.61 Å². The number of amides is 2. The van der Waals surface area contributed by atoms with Gasteiger partial charge in [0, 0.05) is 5.57 Å². The molecule has 2 N–H and O–H groups in total. The van der Waals surface area contributed by atoms with Crippen LogP contribution in [0.3, 0.4) is 0 Å². The van der Waals surface area contributed by atoms with E-state index in [2.05, 4.69) is 17.2 Å². The molecular weight excluding hydrogens is 368 g/mol. The first-order chi connectivity index (χ1) is 12.5. The molecule has 0 rings (SSSR count). The van der Waals surface area contributed by atoms with Crippen LogP contribution in [0.25, 0.3) is 0 Å². The Morgan fingerprint density at radius 2 is 1.43 bits per heavy atom. The molecule has 0 aliphatic rings. The first kappa shape index (κ1) is 25.4. The van der Waals surface area contributed by atoms with Gasteiger partial charge in [-0.15, -0.1) is 0 Å². The normalized spacial score (nSPS) is 13.6. The van der Waals surface area contributed by atoms with Crippen molar-refractivity contribution < 1.29 is 33.4 Å². The van der Waals surface area contributed by atoms with Crippen LogP contribution in [0, 0.1) is 0 Å². The van der Waals surface area contributed by atoms with Gasteiger partial charge in [0.25, 0.3) is 0 Å². The molecule has 0 aliphatic carbocycles. The van der Waals surface area contributed by atoms with Gasteiger partial charge in [0.2, 0.25) is 5.91 Å². The molecule has 0 saturated heterocycles. The molecule has 2 amide bonds. The summed E-state index contributed by atoms with van der Waals surface area (Å²) >= 11 is 0. The van der Waals surface area contributed by atoms with Gasteiger partial charge in [0.1, 0.15) is 29.9 Å². The fourth-order valence-corrected chi connectivity index (χ4v) is 1.68. The summed E-state index contributed by atoms with van der Waals surface area (Å²) in [6.45, 7) is 15.9. The van der Waals surface area contributed by atoms with Crippen molar-refractivity contribution in [1.82, 2.24) is 10.6 Å². The minimum Gasteiger partial charge on any atom is -0.460 e. The maximum absolute atomic E-state index is 12.5. The minimum atomic E-state index is -1.27. The van der Waals surface area contributed by atoms with Crippen molar-refractivity contribution in [3.8, 4) is 0 Å².